The van der Waals surface area contributed by atoms with Gasteiger partial charge >= 0.3 is 0 Å². The lowest BCUT2D eigenvalue weighted by molar-refractivity contribution is -0.119. The van der Waals surface area contributed by atoms with Gasteiger partial charge in [-0.05, 0) is 12.3 Å². The number of rotatable bonds is 7. The van der Waals surface area contributed by atoms with Crippen LogP contribution in [0.25, 0.3) is 0 Å². The number of hydrogen-bond donors (Lipinski definition) is 2. The Balaban J connectivity index is 4.57. The molecule has 0 fully saturated rings. The van der Waals surface area contributed by atoms with Crippen LogP contribution in [0.1, 0.15) is 27.2 Å². The van der Waals surface area contributed by atoms with E-state index in [0.29, 0.717) is 10.9 Å². The van der Waals surface area contributed by atoms with Crippen molar-refractivity contribution in [1.82, 2.24) is 4.90 Å². The Morgan fingerprint density at radius 2 is 1.93 bits per heavy atom. The molecule has 1 atom stereocenters. The van der Waals surface area contributed by atoms with E-state index < -0.39 is 0 Å². The topological polar surface area (TPSA) is 72.3 Å². The number of carbonyl (C=O) groups is 1. The van der Waals surface area contributed by atoms with Crippen LogP contribution in [0.15, 0.2) is 0 Å². The minimum atomic E-state index is -0.342. The van der Waals surface area contributed by atoms with Crippen LogP contribution in [0.4, 0.5) is 0 Å². The molecule has 0 bridgehead atoms. The fourth-order valence-corrected chi connectivity index (χ4v) is 1.93. The maximum atomic E-state index is 10.9. The van der Waals surface area contributed by atoms with E-state index in [1.807, 2.05) is 11.8 Å². The lowest BCUT2D eigenvalue weighted by atomic mass is 10.1. The number of hydrogen-bond acceptors (Lipinski definition) is 3. The van der Waals surface area contributed by atoms with Crippen molar-refractivity contribution >= 4 is 23.1 Å². The third kappa shape index (κ3) is 5.69. The van der Waals surface area contributed by atoms with Crippen molar-refractivity contribution in [2.45, 2.75) is 33.2 Å². The predicted octanol–water partition coefficient (Wildman–Crippen LogP) is 0.494. The van der Waals surface area contributed by atoms with Gasteiger partial charge in [0.1, 0.15) is 0 Å². The maximum absolute atomic E-state index is 10.9. The van der Waals surface area contributed by atoms with Crippen LogP contribution in [0, 0.1) is 5.92 Å². The van der Waals surface area contributed by atoms with E-state index in [0.717, 1.165) is 13.0 Å². The molecule has 4 N–H and O–H groups in total. The minimum absolute atomic E-state index is 0.0325. The summed E-state index contributed by atoms with van der Waals surface area (Å²) in [5.41, 5.74) is 10.8. The molecule has 1 amide bonds. The molecule has 5 heteroatoms. The molecule has 0 aromatic rings. The van der Waals surface area contributed by atoms with Crippen LogP contribution < -0.4 is 11.5 Å². The summed E-state index contributed by atoms with van der Waals surface area (Å²) < 4.78 is 0. The first-order valence-electron chi connectivity index (χ1n) is 5.20. The molecule has 0 aliphatic carbocycles. The SMILES string of the molecule is CCC(C(N)=S)N(CC(N)=O)CC(C)C. The van der Waals surface area contributed by atoms with Crippen molar-refractivity contribution in [3.05, 3.63) is 0 Å². The molecule has 0 radical (unpaired) electrons. The number of nitrogens with two attached hydrogens (primary N) is 2. The summed E-state index contributed by atoms with van der Waals surface area (Å²) in [6.45, 7) is 7.16. The number of nitrogens with zero attached hydrogens (tertiary/aromatic N) is 1. The van der Waals surface area contributed by atoms with Gasteiger partial charge in [-0.3, -0.25) is 9.69 Å². The van der Waals surface area contributed by atoms with Crippen LogP contribution in [0.5, 0.6) is 0 Å². The van der Waals surface area contributed by atoms with Gasteiger partial charge in [0.15, 0.2) is 0 Å². The summed E-state index contributed by atoms with van der Waals surface area (Å²) in [6, 6.07) is -0.0325. The highest BCUT2D eigenvalue weighted by atomic mass is 32.1. The molecule has 1 unspecified atom stereocenters. The molecule has 4 nitrogen and oxygen atoms in total. The molecular weight excluding hydrogens is 210 g/mol. The number of amides is 1. The van der Waals surface area contributed by atoms with E-state index in [1.54, 1.807) is 0 Å². The first-order valence-corrected chi connectivity index (χ1v) is 5.61. The quantitative estimate of drug-likeness (QED) is 0.626. The zero-order chi connectivity index (χ0) is 12.0. The van der Waals surface area contributed by atoms with Crippen LogP contribution >= 0.6 is 12.2 Å². The van der Waals surface area contributed by atoms with E-state index in [9.17, 15) is 4.79 Å². The van der Waals surface area contributed by atoms with Gasteiger partial charge in [-0.25, -0.2) is 0 Å². The van der Waals surface area contributed by atoms with Gasteiger partial charge in [0.25, 0.3) is 0 Å². The van der Waals surface area contributed by atoms with Gasteiger partial charge in [-0.2, -0.15) is 0 Å². The molecule has 0 aliphatic heterocycles. The number of primary amides is 1. The summed E-state index contributed by atoms with van der Waals surface area (Å²) in [7, 11) is 0. The second kappa shape index (κ2) is 6.74. The van der Waals surface area contributed by atoms with E-state index in [4.69, 9.17) is 23.7 Å². The molecular formula is C10H21N3OS. The molecule has 0 saturated heterocycles. The van der Waals surface area contributed by atoms with Gasteiger partial charge in [0.05, 0.1) is 17.6 Å². The maximum Gasteiger partial charge on any atom is 0.231 e. The Bertz CT molecular complexity index is 231. The molecule has 15 heavy (non-hydrogen) atoms. The van der Waals surface area contributed by atoms with E-state index in [1.165, 1.54) is 0 Å². The molecule has 0 heterocycles. The van der Waals surface area contributed by atoms with Crippen molar-refractivity contribution in [1.29, 1.82) is 0 Å². The largest absolute Gasteiger partial charge is 0.392 e. The second-order valence-electron chi connectivity index (χ2n) is 4.12. The molecule has 0 aromatic carbocycles. The Kier molecular flexibility index (Phi) is 6.43. The van der Waals surface area contributed by atoms with Crippen LogP contribution in [-0.4, -0.2) is 34.9 Å². The fourth-order valence-electron chi connectivity index (χ4n) is 1.61. The Morgan fingerprint density at radius 3 is 2.20 bits per heavy atom. The number of carbonyl (C=O) groups excluding carboxylic acids is 1. The first kappa shape index (κ1) is 14.3. The van der Waals surface area contributed by atoms with Crippen molar-refractivity contribution in [2.75, 3.05) is 13.1 Å². The summed E-state index contributed by atoms with van der Waals surface area (Å²) in [6.07, 6.45) is 0.801. The Hall–Kier alpha value is -0.680. The average Bonchev–Trinajstić information content (AvgIpc) is 2.01. The van der Waals surface area contributed by atoms with Crippen LogP contribution in [-0.2, 0) is 4.79 Å². The Morgan fingerprint density at radius 1 is 1.40 bits per heavy atom. The smallest absolute Gasteiger partial charge is 0.231 e. The summed E-state index contributed by atoms with van der Waals surface area (Å²) in [5, 5.41) is 0. The predicted molar refractivity (Wildman–Crippen MR) is 66.5 cm³/mol. The van der Waals surface area contributed by atoms with Crippen molar-refractivity contribution < 1.29 is 4.79 Å². The third-order valence-corrected chi connectivity index (χ3v) is 2.39. The summed E-state index contributed by atoms with van der Waals surface area (Å²) in [4.78, 5) is 13.3. The second-order valence-corrected chi connectivity index (χ2v) is 4.59. The van der Waals surface area contributed by atoms with E-state index >= 15 is 0 Å². The van der Waals surface area contributed by atoms with Crippen LogP contribution in [0.2, 0.25) is 0 Å². The number of thiocarbonyl (C=S) groups is 1. The lowest BCUT2D eigenvalue weighted by Crippen LogP contribution is -2.48. The normalized spacial score (nSPS) is 13.1. The highest BCUT2D eigenvalue weighted by molar-refractivity contribution is 7.80. The van der Waals surface area contributed by atoms with E-state index in [2.05, 4.69) is 13.8 Å². The van der Waals surface area contributed by atoms with Crippen LogP contribution in [0.3, 0.4) is 0 Å². The molecule has 0 rings (SSSR count). The summed E-state index contributed by atoms with van der Waals surface area (Å²) in [5.74, 6) is 0.109. The monoisotopic (exact) mass is 231 g/mol. The molecule has 0 saturated carbocycles. The molecule has 0 spiro atoms. The zero-order valence-corrected chi connectivity index (χ0v) is 10.5. The molecule has 0 aromatic heterocycles. The minimum Gasteiger partial charge on any atom is -0.392 e. The third-order valence-electron chi connectivity index (χ3n) is 2.11. The highest BCUT2D eigenvalue weighted by Gasteiger charge is 2.21. The standard InChI is InChI=1S/C10H21N3OS/c1-4-8(10(12)15)13(5-7(2)3)6-9(11)14/h7-8H,4-6H2,1-3H3,(H2,11,14)(H2,12,15). The van der Waals surface area contributed by atoms with Crippen molar-refractivity contribution in [2.24, 2.45) is 17.4 Å². The highest BCUT2D eigenvalue weighted by Crippen LogP contribution is 2.08. The van der Waals surface area contributed by atoms with Gasteiger partial charge in [0.2, 0.25) is 5.91 Å². The lowest BCUT2D eigenvalue weighted by Gasteiger charge is -2.30. The van der Waals surface area contributed by atoms with Gasteiger partial charge in [-0.15, -0.1) is 0 Å². The van der Waals surface area contributed by atoms with Crippen molar-refractivity contribution in [3.8, 4) is 0 Å². The summed E-state index contributed by atoms with van der Waals surface area (Å²) >= 11 is 4.98. The molecule has 0 aliphatic rings. The fraction of sp³-hybridized carbons (Fsp3) is 0.800. The van der Waals surface area contributed by atoms with Crippen molar-refractivity contribution in [3.63, 3.8) is 0 Å². The first-order chi connectivity index (χ1) is 6.88. The van der Waals surface area contributed by atoms with E-state index in [-0.39, 0.29) is 18.5 Å². The van der Waals surface area contributed by atoms with Gasteiger partial charge in [-0.1, -0.05) is 33.0 Å². The van der Waals surface area contributed by atoms with Gasteiger partial charge < -0.3 is 11.5 Å². The zero-order valence-electron chi connectivity index (χ0n) is 9.69. The van der Waals surface area contributed by atoms with Gasteiger partial charge in [0, 0.05) is 6.54 Å². The average molecular weight is 231 g/mol. The Labute approximate surface area is 97.0 Å². The molecule has 88 valence electrons.